The number of likely N-dealkylation sites (tertiary alicyclic amines) is 1. The summed E-state index contributed by atoms with van der Waals surface area (Å²) in [6.45, 7) is 12.5. The van der Waals surface area contributed by atoms with Crippen LogP contribution in [0.5, 0.6) is 0 Å². The van der Waals surface area contributed by atoms with Crippen LogP contribution in [0.3, 0.4) is 0 Å². The SMILES string of the molecule is C=CCCCCOC(=O)[C@@H]1[C@@H]2CCC3(S2)C(C(=O)N(CC=C)Cc2ccccc2)N([C@@H](CO)CC(C)C)C(=O)[C@H]13. The van der Waals surface area contributed by atoms with Crippen molar-refractivity contribution in [1.82, 2.24) is 9.80 Å². The summed E-state index contributed by atoms with van der Waals surface area (Å²) in [6, 6.07) is 8.53. The smallest absolute Gasteiger partial charge is 0.310 e. The molecule has 0 saturated carbocycles. The summed E-state index contributed by atoms with van der Waals surface area (Å²) in [6.07, 6.45) is 8.08. The molecule has 8 heteroatoms. The van der Waals surface area contributed by atoms with E-state index in [0.717, 1.165) is 31.2 Å². The van der Waals surface area contributed by atoms with Crippen LogP contribution in [-0.2, 0) is 25.7 Å². The van der Waals surface area contributed by atoms with Gasteiger partial charge in [0, 0.05) is 18.3 Å². The number of benzene rings is 1. The van der Waals surface area contributed by atoms with Crippen molar-refractivity contribution in [2.45, 2.75) is 81.0 Å². The summed E-state index contributed by atoms with van der Waals surface area (Å²) in [7, 11) is 0. The van der Waals surface area contributed by atoms with Crippen molar-refractivity contribution in [3.63, 3.8) is 0 Å². The van der Waals surface area contributed by atoms with Crippen molar-refractivity contribution in [2.75, 3.05) is 19.8 Å². The van der Waals surface area contributed by atoms with Gasteiger partial charge in [0.1, 0.15) is 6.04 Å². The third kappa shape index (κ3) is 5.89. The summed E-state index contributed by atoms with van der Waals surface area (Å²) in [5.74, 6) is -1.66. The minimum atomic E-state index is -0.759. The molecule has 3 saturated heterocycles. The van der Waals surface area contributed by atoms with E-state index < -0.39 is 28.7 Å². The third-order valence-electron chi connectivity index (χ3n) is 8.52. The summed E-state index contributed by atoms with van der Waals surface area (Å²) in [5.41, 5.74) is 0.991. The second-order valence-electron chi connectivity index (χ2n) is 11.7. The molecule has 1 N–H and O–H groups in total. The molecule has 1 aromatic rings. The Morgan fingerprint density at radius 2 is 1.98 bits per heavy atom. The van der Waals surface area contributed by atoms with E-state index in [4.69, 9.17) is 4.74 Å². The quantitative estimate of drug-likeness (QED) is 0.189. The molecule has 3 aliphatic rings. The molecular formula is C32H44N2O5S. The number of carbonyl (C=O) groups is 3. The minimum Gasteiger partial charge on any atom is -0.465 e. The standard InChI is InChI=1S/C32H44N2O5S/c1-5-7-8-12-18-39-31(38)26-25-15-16-32(40-25)27(26)29(36)34(24(21-35)19-22(3)4)28(32)30(37)33(17-6-2)20-23-13-10-9-11-14-23/h5-6,9-11,13-14,22,24-28,35H,1-2,7-8,12,15-21H2,3-4H3/t24-,25+,26-,27+,28?,32?/m1/s1. The zero-order chi connectivity index (χ0) is 28.9. The molecule has 1 aromatic carbocycles. The zero-order valence-electron chi connectivity index (χ0n) is 23.9. The number of thioether (sulfide) groups is 1. The van der Waals surface area contributed by atoms with Gasteiger partial charge in [0.05, 0.1) is 35.8 Å². The van der Waals surface area contributed by atoms with Crippen molar-refractivity contribution >= 4 is 29.5 Å². The van der Waals surface area contributed by atoms with Crippen LogP contribution in [-0.4, -0.2) is 74.5 Å². The molecule has 6 atom stereocenters. The van der Waals surface area contributed by atoms with Crippen molar-refractivity contribution in [3.05, 3.63) is 61.2 Å². The van der Waals surface area contributed by atoms with E-state index in [2.05, 4.69) is 13.2 Å². The van der Waals surface area contributed by atoms with Crippen molar-refractivity contribution in [3.8, 4) is 0 Å². The number of ether oxygens (including phenoxy) is 1. The maximum Gasteiger partial charge on any atom is 0.310 e. The number of hydrogen-bond acceptors (Lipinski definition) is 6. The number of nitrogens with zero attached hydrogens (tertiary/aromatic N) is 2. The number of hydrogen-bond donors (Lipinski definition) is 1. The molecular weight excluding hydrogens is 524 g/mol. The Bertz CT molecular complexity index is 1080. The van der Waals surface area contributed by atoms with E-state index in [1.807, 2.05) is 50.3 Å². The number of carbonyl (C=O) groups excluding carboxylic acids is 3. The van der Waals surface area contributed by atoms with Gasteiger partial charge in [0.2, 0.25) is 11.8 Å². The number of fused-ring (bicyclic) bond motifs is 1. The average molecular weight is 569 g/mol. The van der Waals surface area contributed by atoms with Crippen LogP contribution in [0.1, 0.15) is 57.9 Å². The van der Waals surface area contributed by atoms with Crippen LogP contribution >= 0.6 is 11.8 Å². The van der Waals surface area contributed by atoms with E-state index in [-0.39, 0.29) is 35.6 Å². The van der Waals surface area contributed by atoms with Gasteiger partial charge in [-0.3, -0.25) is 14.4 Å². The number of amides is 2. The average Bonchev–Trinajstić information content (AvgIpc) is 3.59. The fourth-order valence-corrected chi connectivity index (χ4v) is 9.06. The van der Waals surface area contributed by atoms with Crippen LogP contribution < -0.4 is 0 Å². The molecule has 4 rings (SSSR count). The van der Waals surface area contributed by atoms with Crippen molar-refractivity contribution in [2.24, 2.45) is 17.8 Å². The molecule has 1 spiro atoms. The first-order chi connectivity index (χ1) is 19.3. The Morgan fingerprint density at radius 3 is 2.62 bits per heavy atom. The van der Waals surface area contributed by atoms with Gasteiger partial charge in [-0.05, 0) is 50.0 Å². The Morgan fingerprint density at radius 1 is 1.23 bits per heavy atom. The van der Waals surface area contributed by atoms with Crippen LogP contribution in [0, 0.1) is 17.8 Å². The number of aliphatic hydroxyl groups excluding tert-OH is 1. The minimum absolute atomic E-state index is 0.0493. The highest BCUT2D eigenvalue weighted by Crippen LogP contribution is 2.67. The molecule has 40 heavy (non-hydrogen) atoms. The first kappa shape index (κ1) is 30.4. The van der Waals surface area contributed by atoms with Gasteiger partial charge in [-0.25, -0.2) is 0 Å². The molecule has 2 bridgehead atoms. The lowest BCUT2D eigenvalue weighted by Gasteiger charge is -2.40. The van der Waals surface area contributed by atoms with Crippen LogP contribution in [0.25, 0.3) is 0 Å². The van der Waals surface area contributed by atoms with Crippen LogP contribution in [0.4, 0.5) is 0 Å². The van der Waals surface area contributed by atoms with Crippen LogP contribution in [0.15, 0.2) is 55.6 Å². The number of rotatable bonds is 15. The highest BCUT2D eigenvalue weighted by atomic mass is 32.2. The molecule has 0 radical (unpaired) electrons. The van der Waals surface area contributed by atoms with E-state index in [1.165, 1.54) is 0 Å². The summed E-state index contributed by atoms with van der Waals surface area (Å²) in [4.78, 5) is 45.7. The normalized spacial score (nSPS) is 27.5. The second kappa shape index (κ2) is 13.4. The molecule has 3 heterocycles. The number of unbranched alkanes of at least 4 members (excludes halogenated alkanes) is 2. The molecule has 3 fully saturated rings. The summed E-state index contributed by atoms with van der Waals surface area (Å²) >= 11 is 1.63. The Hall–Kier alpha value is -2.58. The highest BCUT2D eigenvalue weighted by Gasteiger charge is 2.74. The zero-order valence-corrected chi connectivity index (χ0v) is 24.7. The van der Waals surface area contributed by atoms with Gasteiger partial charge in [-0.1, -0.05) is 56.3 Å². The molecule has 2 unspecified atom stereocenters. The van der Waals surface area contributed by atoms with E-state index in [9.17, 15) is 19.5 Å². The van der Waals surface area contributed by atoms with Gasteiger partial charge < -0.3 is 19.6 Å². The maximum absolute atomic E-state index is 14.5. The van der Waals surface area contributed by atoms with Crippen LogP contribution in [0.2, 0.25) is 0 Å². The van der Waals surface area contributed by atoms with Gasteiger partial charge in [-0.15, -0.1) is 24.9 Å². The number of esters is 1. The molecule has 0 aliphatic carbocycles. The largest absolute Gasteiger partial charge is 0.465 e. The first-order valence-electron chi connectivity index (χ1n) is 14.6. The van der Waals surface area contributed by atoms with Gasteiger partial charge >= 0.3 is 5.97 Å². The van der Waals surface area contributed by atoms with Crippen molar-refractivity contribution in [1.29, 1.82) is 0 Å². The topological polar surface area (TPSA) is 87.2 Å². The molecule has 218 valence electrons. The lowest BCUT2D eigenvalue weighted by Crippen LogP contribution is -2.57. The fraction of sp³-hybridized carbons (Fsp3) is 0.594. The highest BCUT2D eigenvalue weighted by molar-refractivity contribution is 8.02. The number of allylic oxidation sites excluding steroid dienone is 1. The van der Waals surface area contributed by atoms with Gasteiger partial charge in [0.15, 0.2) is 0 Å². The van der Waals surface area contributed by atoms with E-state index in [1.54, 1.807) is 27.6 Å². The Kier molecular flexibility index (Phi) is 10.2. The van der Waals surface area contributed by atoms with E-state index >= 15 is 0 Å². The predicted octanol–water partition coefficient (Wildman–Crippen LogP) is 4.60. The van der Waals surface area contributed by atoms with Crippen molar-refractivity contribution < 1.29 is 24.2 Å². The number of aliphatic hydroxyl groups is 1. The Balaban J connectivity index is 1.68. The molecule has 2 amide bonds. The monoisotopic (exact) mass is 568 g/mol. The summed E-state index contributed by atoms with van der Waals surface area (Å²) < 4.78 is 4.99. The molecule has 3 aliphatic heterocycles. The Labute approximate surface area is 243 Å². The van der Waals surface area contributed by atoms with Gasteiger partial charge in [-0.2, -0.15) is 0 Å². The fourth-order valence-electron chi connectivity index (χ4n) is 6.88. The van der Waals surface area contributed by atoms with Gasteiger partial charge in [0.25, 0.3) is 0 Å². The predicted molar refractivity (Wildman–Crippen MR) is 158 cm³/mol. The maximum atomic E-state index is 14.5. The third-order valence-corrected chi connectivity index (χ3v) is 10.5. The van der Waals surface area contributed by atoms with E-state index in [0.29, 0.717) is 32.5 Å². The second-order valence-corrected chi connectivity index (χ2v) is 13.3. The summed E-state index contributed by atoms with van der Waals surface area (Å²) in [5, 5.41) is 10.4. The molecule has 7 nitrogen and oxygen atoms in total. The lowest BCUT2D eigenvalue weighted by molar-refractivity contribution is -0.154. The molecule has 0 aromatic heterocycles. The lowest BCUT2D eigenvalue weighted by atomic mass is 9.71. The first-order valence-corrected chi connectivity index (χ1v) is 15.5.